The lowest BCUT2D eigenvalue weighted by molar-refractivity contribution is -0.123. The molecule has 2 fully saturated rings. The Hall–Kier alpha value is -3.34. The van der Waals surface area contributed by atoms with E-state index in [0.29, 0.717) is 39.4 Å². The van der Waals surface area contributed by atoms with Gasteiger partial charge in [-0.15, -0.1) is 0 Å². The Morgan fingerprint density at radius 1 is 0.490 bits per heavy atom. The molecule has 0 aliphatic carbocycles. The van der Waals surface area contributed by atoms with Crippen LogP contribution in [0, 0.1) is 0 Å². The fourth-order valence-corrected chi connectivity index (χ4v) is 5.83. The van der Waals surface area contributed by atoms with Crippen LogP contribution in [0.2, 0.25) is 0 Å². The smallest absolute Gasteiger partial charge is 0.234 e. The zero-order valence-electron chi connectivity index (χ0n) is 30.4. The predicted octanol–water partition coefficient (Wildman–Crippen LogP) is -1.56. The summed E-state index contributed by atoms with van der Waals surface area (Å²) in [7, 11) is 0. The van der Waals surface area contributed by atoms with Crippen LogP contribution >= 0.6 is 0 Å². The molecule has 0 aromatic heterocycles. The summed E-state index contributed by atoms with van der Waals surface area (Å²) in [5.74, 6) is 1.60. The molecule has 0 bridgehead atoms. The molecule has 14 nitrogen and oxygen atoms in total. The van der Waals surface area contributed by atoms with Crippen molar-refractivity contribution in [3.63, 3.8) is 0 Å². The molecule has 2 heterocycles. The Labute approximate surface area is 304 Å². The van der Waals surface area contributed by atoms with Crippen molar-refractivity contribution >= 4 is 11.8 Å². The monoisotopic (exact) mass is 710 g/mol. The molecule has 284 valence electrons. The van der Waals surface area contributed by atoms with E-state index >= 15 is 0 Å². The van der Waals surface area contributed by atoms with Crippen molar-refractivity contribution in [3.05, 3.63) is 59.7 Å². The van der Waals surface area contributed by atoms with Crippen molar-refractivity contribution in [1.82, 2.24) is 52.3 Å². The Morgan fingerprint density at radius 2 is 0.804 bits per heavy atom. The number of hydrogen-bond donors (Lipinski definition) is 8. The number of carbonyl (C=O) groups excluding carboxylic acids is 2. The number of nitrogens with zero attached hydrogens (tertiary/aromatic N) is 2. The minimum atomic E-state index is 0.0190. The van der Waals surface area contributed by atoms with Crippen molar-refractivity contribution in [2.45, 2.75) is 6.42 Å². The van der Waals surface area contributed by atoms with Gasteiger partial charge in [0.15, 0.2) is 0 Å². The van der Waals surface area contributed by atoms with E-state index in [2.05, 4.69) is 76.6 Å². The van der Waals surface area contributed by atoms with Crippen LogP contribution in [0.3, 0.4) is 0 Å². The third kappa shape index (κ3) is 18.6. The number of nitrogens with one attached hydrogen (secondary N) is 8. The first-order chi connectivity index (χ1) is 25.1. The van der Waals surface area contributed by atoms with Crippen LogP contribution in [0.15, 0.2) is 48.5 Å². The van der Waals surface area contributed by atoms with Crippen LogP contribution in [0.25, 0.3) is 0 Å². The van der Waals surface area contributed by atoms with Crippen molar-refractivity contribution in [2.75, 3.05) is 144 Å². The standard InChI is InChI=1S/C37H62N10O4/c48-36(30-46-23-17-40-13-9-38-10-14-41-18-24-46)44-21-27-50-34-5-1-32(2-6-34)29-33-3-7-35(8-4-33)51-28-22-45-37(49)31-47-25-19-42-15-11-39-12-16-43-20-26-47/h1-8,38-43H,9-31H2,(H,44,48)(H,45,49). The zero-order valence-corrected chi connectivity index (χ0v) is 30.4. The second-order valence-electron chi connectivity index (χ2n) is 12.9. The quantitative estimate of drug-likeness (QED) is 0.107. The molecule has 2 aromatic carbocycles. The number of hydrogen-bond acceptors (Lipinski definition) is 12. The summed E-state index contributed by atoms with van der Waals surface area (Å²) in [6.07, 6.45) is 0.795. The zero-order chi connectivity index (χ0) is 35.6. The molecule has 2 saturated heterocycles. The van der Waals surface area contributed by atoms with Gasteiger partial charge in [-0.2, -0.15) is 0 Å². The van der Waals surface area contributed by atoms with Crippen molar-refractivity contribution in [3.8, 4) is 11.5 Å². The highest BCUT2D eigenvalue weighted by molar-refractivity contribution is 5.78. The number of carbonyl (C=O) groups is 2. The van der Waals surface area contributed by atoms with Crippen LogP contribution in [-0.4, -0.2) is 166 Å². The molecular formula is C37H62N10O4. The molecule has 4 rings (SSSR count). The maximum atomic E-state index is 12.5. The van der Waals surface area contributed by atoms with Crippen LogP contribution in [0.1, 0.15) is 11.1 Å². The number of amides is 2. The lowest BCUT2D eigenvalue weighted by atomic mass is 10.0. The van der Waals surface area contributed by atoms with E-state index in [1.54, 1.807) is 0 Å². The summed E-state index contributed by atoms with van der Waals surface area (Å²) < 4.78 is 11.8. The summed E-state index contributed by atoms with van der Waals surface area (Å²) in [4.78, 5) is 29.5. The maximum Gasteiger partial charge on any atom is 0.234 e. The van der Waals surface area contributed by atoms with Gasteiger partial charge in [0.1, 0.15) is 24.7 Å². The highest BCUT2D eigenvalue weighted by Gasteiger charge is 2.12. The predicted molar refractivity (Wildman–Crippen MR) is 203 cm³/mol. The largest absolute Gasteiger partial charge is 0.492 e. The summed E-state index contributed by atoms with van der Waals surface area (Å²) >= 11 is 0. The number of benzene rings is 2. The average Bonchev–Trinajstić information content (AvgIpc) is 3.12. The van der Waals surface area contributed by atoms with Gasteiger partial charge in [-0.25, -0.2) is 0 Å². The normalized spacial score (nSPS) is 18.2. The van der Waals surface area contributed by atoms with Gasteiger partial charge < -0.3 is 52.0 Å². The fourth-order valence-electron chi connectivity index (χ4n) is 5.83. The minimum Gasteiger partial charge on any atom is -0.492 e. The summed E-state index contributed by atoms with van der Waals surface area (Å²) in [5, 5.41) is 26.5. The molecule has 51 heavy (non-hydrogen) atoms. The van der Waals surface area contributed by atoms with E-state index < -0.39 is 0 Å². The van der Waals surface area contributed by atoms with E-state index in [1.807, 2.05) is 24.3 Å². The van der Waals surface area contributed by atoms with Crippen LogP contribution in [0.5, 0.6) is 11.5 Å². The van der Waals surface area contributed by atoms with Crippen molar-refractivity contribution < 1.29 is 19.1 Å². The molecule has 0 unspecified atom stereocenters. The first kappa shape index (κ1) is 40.4. The van der Waals surface area contributed by atoms with E-state index in [-0.39, 0.29) is 11.8 Å². The molecule has 2 aliphatic rings. The molecule has 14 heteroatoms. The van der Waals surface area contributed by atoms with Gasteiger partial charge in [-0.1, -0.05) is 24.3 Å². The molecule has 2 aliphatic heterocycles. The second-order valence-corrected chi connectivity index (χ2v) is 12.9. The van der Waals surface area contributed by atoms with E-state index in [9.17, 15) is 9.59 Å². The molecule has 0 spiro atoms. The highest BCUT2D eigenvalue weighted by atomic mass is 16.5. The second kappa shape index (κ2) is 25.6. The molecular weight excluding hydrogens is 648 g/mol. The SMILES string of the molecule is O=C(CN1CCNCCNCCNCC1)NCCOc1ccc(Cc2ccc(OCCNC(=O)CN3CCNCCNCCNCC3)cc2)cc1. The topological polar surface area (TPSA) is 155 Å². The van der Waals surface area contributed by atoms with E-state index in [1.165, 1.54) is 11.1 Å². The van der Waals surface area contributed by atoms with Gasteiger partial charge in [0.05, 0.1) is 26.2 Å². The Bertz CT molecular complexity index is 1100. The third-order valence-electron chi connectivity index (χ3n) is 8.71. The van der Waals surface area contributed by atoms with Gasteiger partial charge >= 0.3 is 0 Å². The van der Waals surface area contributed by atoms with Crippen LogP contribution in [-0.2, 0) is 16.0 Å². The Kier molecular flexibility index (Phi) is 20.3. The highest BCUT2D eigenvalue weighted by Crippen LogP contribution is 2.18. The fraction of sp³-hybridized carbons (Fsp3) is 0.622. The summed E-state index contributed by atoms with van der Waals surface area (Å²) in [6.45, 7) is 16.9. The molecule has 2 amide bonds. The van der Waals surface area contributed by atoms with Crippen molar-refractivity contribution in [2.24, 2.45) is 0 Å². The van der Waals surface area contributed by atoms with Gasteiger partial charge in [0, 0.05) is 105 Å². The lowest BCUT2D eigenvalue weighted by Gasteiger charge is -2.23. The van der Waals surface area contributed by atoms with Gasteiger partial charge in [-0.05, 0) is 41.8 Å². The summed E-state index contributed by atoms with van der Waals surface area (Å²) in [6, 6.07) is 16.2. The summed E-state index contributed by atoms with van der Waals surface area (Å²) in [5.41, 5.74) is 2.36. The van der Waals surface area contributed by atoms with Gasteiger partial charge in [0.2, 0.25) is 11.8 Å². The Morgan fingerprint density at radius 3 is 1.14 bits per heavy atom. The average molecular weight is 711 g/mol. The first-order valence-corrected chi connectivity index (χ1v) is 18.8. The molecule has 0 radical (unpaired) electrons. The molecule has 0 atom stereocenters. The van der Waals surface area contributed by atoms with E-state index in [0.717, 1.165) is 123 Å². The molecule has 8 N–H and O–H groups in total. The van der Waals surface area contributed by atoms with E-state index in [4.69, 9.17) is 9.47 Å². The van der Waals surface area contributed by atoms with Crippen LogP contribution < -0.4 is 52.0 Å². The van der Waals surface area contributed by atoms with Crippen molar-refractivity contribution in [1.29, 1.82) is 0 Å². The van der Waals surface area contributed by atoms with Gasteiger partial charge in [0.25, 0.3) is 0 Å². The first-order valence-electron chi connectivity index (χ1n) is 18.8. The maximum absolute atomic E-state index is 12.5. The van der Waals surface area contributed by atoms with Gasteiger partial charge in [-0.3, -0.25) is 19.4 Å². The molecule has 0 saturated carbocycles. The van der Waals surface area contributed by atoms with Crippen LogP contribution in [0.4, 0.5) is 0 Å². The third-order valence-corrected chi connectivity index (χ3v) is 8.71. The minimum absolute atomic E-state index is 0.0190. The lowest BCUT2D eigenvalue weighted by Crippen LogP contribution is -2.45. The molecule has 2 aromatic rings. The number of ether oxygens (including phenoxy) is 2. The number of rotatable bonds is 14. The Balaban J connectivity index is 1.06.